The SMILES string of the molecule is O=C(O)CNC(=O)c1ccc(NS(=O)(=O)c2ccc(F)c(F)c2F)cc1. The van der Waals surface area contributed by atoms with E-state index in [9.17, 15) is 31.2 Å². The molecule has 0 spiro atoms. The van der Waals surface area contributed by atoms with E-state index in [0.29, 0.717) is 12.1 Å². The molecule has 0 aliphatic carbocycles. The van der Waals surface area contributed by atoms with Crippen molar-refractivity contribution in [2.75, 3.05) is 11.3 Å². The lowest BCUT2D eigenvalue weighted by Crippen LogP contribution is -2.29. The van der Waals surface area contributed by atoms with Crippen LogP contribution in [0.3, 0.4) is 0 Å². The maximum absolute atomic E-state index is 13.6. The Labute approximate surface area is 145 Å². The Kier molecular flexibility index (Phi) is 5.50. The van der Waals surface area contributed by atoms with Crippen molar-refractivity contribution in [2.24, 2.45) is 0 Å². The molecule has 0 radical (unpaired) electrons. The minimum absolute atomic E-state index is 0.0493. The zero-order valence-electron chi connectivity index (χ0n) is 12.8. The summed E-state index contributed by atoms with van der Waals surface area (Å²) in [6.45, 7) is -0.595. The molecule has 2 rings (SSSR count). The number of anilines is 1. The summed E-state index contributed by atoms with van der Waals surface area (Å²) in [7, 11) is -4.55. The van der Waals surface area contributed by atoms with E-state index in [2.05, 4.69) is 5.32 Å². The van der Waals surface area contributed by atoms with Gasteiger partial charge in [0, 0.05) is 11.3 Å². The van der Waals surface area contributed by atoms with Crippen LogP contribution in [-0.4, -0.2) is 31.9 Å². The van der Waals surface area contributed by atoms with E-state index in [4.69, 9.17) is 5.11 Å². The van der Waals surface area contributed by atoms with Gasteiger partial charge >= 0.3 is 5.97 Å². The maximum atomic E-state index is 13.6. The lowest BCUT2D eigenvalue weighted by molar-refractivity contribution is -0.135. The molecule has 0 heterocycles. The molecular formula is C15H11F3N2O5S. The van der Waals surface area contributed by atoms with Crippen molar-refractivity contribution in [1.29, 1.82) is 0 Å². The smallest absolute Gasteiger partial charge is 0.322 e. The van der Waals surface area contributed by atoms with Crippen LogP contribution in [0.25, 0.3) is 0 Å². The molecule has 1 amide bonds. The van der Waals surface area contributed by atoms with E-state index in [1.165, 1.54) is 12.1 Å². The first-order valence-electron chi connectivity index (χ1n) is 6.88. The molecule has 138 valence electrons. The second-order valence-electron chi connectivity index (χ2n) is 4.93. The minimum Gasteiger partial charge on any atom is -0.480 e. The first-order chi connectivity index (χ1) is 12.1. The van der Waals surface area contributed by atoms with E-state index in [1.807, 2.05) is 4.72 Å². The fourth-order valence-electron chi connectivity index (χ4n) is 1.87. The van der Waals surface area contributed by atoms with Gasteiger partial charge in [-0.05, 0) is 36.4 Å². The molecule has 2 aromatic carbocycles. The Bertz CT molecular complexity index is 962. The second kappa shape index (κ2) is 7.44. The van der Waals surface area contributed by atoms with Crippen LogP contribution in [0.5, 0.6) is 0 Å². The number of carbonyl (C=O) groups is 2. The highest BCUT2D eigenvalue weighted by Crippen LogP contribution is 2.22. The van der Waals surface area contributed by atoms with Crippen LogP contribution in [0.15, 0.2) is 41.3 Å². The van der Waals surface area contributed by atoms with E-state index >= 15 is 0 Å². The fraction of sp³-hybridized carbons (Fsp3) is 0.0667. The summed E-state index contributed by atoms with van der Waals surface area (Å²) < 4.78 is 65.9. The number of halogens is 3. The van der Waals surface area contributed by atoms with E-state index in [-0.39, 0.29) is 11.3 Å². The van der Waals surface area contributed by atoms with Gasteiger partial charge in [0.05, 0.1) is 0 Å². The first-order valence-corrected chi connectivity index (χ1v) is 8.36. The van der Waals surface area contributed by atoms with Crippen LogP contribution >= 0.6 is 0 Å². The topological polar surface area (TPSA) is 113 Å². The van der Waals surface area contributed by atoms with Gasteiger partial charge < -0.3 is 10.4 Å². The Morgan fingerprint density at radius 3 is 2.15 bits per heavy atom. The van der Waals surface area contributed by atoms with Crippen LogP contribution in [0, 0.1) is 17.5 Å². The molecule has 0 fully saturated rings. The number of carboxylic acid groups (broad SMARTS) is 1. The highest BCUT2D eigenvalue weighted by Gasteiger charge is 2.24. The maximum Gasteiger partial charge on any atom is 0.322 e. The van der Waals surface area contributed by atoms with Crippen molar-refractivity contribution in [2.45, 2.75) is 4.90 Å². The van der Waals surface area contributed by atoms with Gasteiger partial charge in [0.2, 0.25) is 0 Å². The van der Waals surface area contributed by atoms with Gasteiger partial charge in [0.15, 0.2) is 17.5 Å². The molecular weight excluding hydrogens is 377 g/mol. The number of aliphatic carboxylic acids is 1. The number of amides is 1. The van der Waals surface area contributed by atoms with Gasteiger partial charge in [-0.2, -0.15) is 0 Å². The quantitative estimate of drug-likeness (QED) is 0.653. The zero-order valence-corrected chi connectivity index (χ0v) is 13.6. The minimum atomic E-state index is -4.55. The Balaban J connectivity index is 2.19. The van der Waals surface area contributed by atoms with Crippen LogP contribution in [0.1, 0.15) is 10.4 Å². The molecule has 0 saturated carbocycles. The summed E-state index contributed by atoms with van der Waals surface area (Å²) in [6, 6.07) is 5.75. The molecule has 0 aliphatic heterocycles. The largest absolute Gasteiger partial charge is 0.480 e. The third-order valence-electron chi connectivity index (χ3n) is 3.09. The van der Waals surface area contributed by atoms with Crippen molar-refractivity contribution in [3.8, 4) is 0 Å². The summed E-state index contributed by atoms with van der Waals surface area (Å²) in [5.41, 5.74) is -0.0304. The number of carboxylic acids is 1. The fourth-order valence-corrected chi connectivity index (χ4v) is 3.00. The summed E-state index contributed by atoms with van der Waals surface area (Å²) in [5, 5.41) is 10.6. The number of hydrogen-bond acceptors (Lipinski definition) is 4. The highest BCUT2D eigenvalue weighted by molar-refractivity contribution is 7.92. The summed E-state index contributed by atoms with van der Waals surface area (Å²) in [6.07, 6.45) is 0. The molecule has 0 aromatic heterocycles. The van der Waals surface area contributed by atoms with Gasteiger partial charge in [-0.1, -0.05) is 0 Å². The zero-order chi connectivity index (χ0) is 19.5. The van der Waals surface area contributed by atoms with Crippen molar-refractivity contribution in [3.05, 3.63) is 59.4 Å². The highest BCUT2D eigenvalue weighted by atomic mass is 32.2. The second-order valence-corrected chi connectivity index (χ2v) is 6.58. The molecule has 11 heteroatoms. The van der Waals surface area contributed by atoms with Crippen molar-refractivity contribution in [1.82, 2.24) is 5.32 Å². The van der Waals surface area contributed by atoms with Gasteiger partial charge in [0.25, 0.3) is 15.9 Å². The number of rotatable bonds is 6. The molecule has 0 aliphatic rings. The number of nitrogens with one attached hydrogen (secondary N) is 2. The molecule has 0 bridgehead atoms. The lowest BCUT2D eigenvalue weighted by Gasteiger charge is -2.10. The molecule has 2 aromatic rings. The number of benzene rings is 2. The number of carbonyl (C=O) groups excluding carboxylic acids is 1. The standard InChI is InChI=1S/C15H11F3N2O5S/c16-10-5-6-11(14(18)13(10)17)26(24,25)20-9-3-1-8(2-4-9)15(23)19-7-12(21)22/h1-6,20H,7H2,(H,19,23)(H,21,22). The Hall–Kier alpha value is -3.08. The average molecular weight is 388 g/mol. The van der Waals surface area contributed by atoms with E-state index in [0.717, 1.165) is 12.1 Å². The normalized spacial score (nSPS) is 11.0. The van der Waals surface area contributed by atoms with Crippen molar-refractivity contribution in [3.63, 3.8) is 0 Å². The van der Waals surface area contributed by atoms with Crippen LogP contribution < -0.4 is 10.0 Å². The molecule has 0 unspecified atom stereocenters. The van der Waals surface area contributed by atoms with Crippen LogP contribution in [0.2, 0.25) is 0 Å². The molecule has 0 saturated heterocycles. The first kappa shape index (κ1) is 19.2. The lowest BCUT2D eigenvalue weighted by atomic mass is 10.2. The third-order valence-corrected chi connectivity index (χ3v) is 4.49. The molecule has 26 heavy (non-hydrogen) atoms. The average Bonchev–Trinajstić information content (AvgIpc) is 2.57. The number of hydrogen-bond donors (Lipinski definition) is 3. The van der Waals surface area contributed by atoms with Gasteiger partial charge in [-0.25, -0.2) is 21.6 Å². The molecule has 0 atom stereocenters. The van der Waals surface area contributed by atoms with Gasteiger partial charge in [-0.3, -0.25) is 14.3 Å². The van der Waals surface area contributed by atoms with Gasteiger partial charge in [0.1, 0.15) is 11.4 Å². The van der Waals surface area contributed by atoms with Gasteiger partial charge in [-0.15, -0.1) is 0 Å². The number of sulfonamides is 1. The van der Waals surface area contributed by atoms with E-state index in [1.54, 1.807) is 0 Å². The van der Waals surface area contributed by atoms with E-state index < -0.39 is 50.8 Å². The van der Waals surface area contributed by atoms with Crippen LogP contribution in [0.4, 0.5) is 18.9 Å². The molecule has 3 N–H and O–H groups in total. The molecule has 7 nitrogen and oxygen atoms in total. The van der Waals surface area contributed by atoms with Crippen molar-refractivity contribution < 1.29 is 36.3 Å². The Morgan fingerprint density at radius 2 is 1.58 bits per heavy atom. The third kappa shape index (κ3) is 4.30. The summed E-state index contributed by atoms with van der Waals surface area (Å²) >= 11 is 0. The summed E-state index contributed by atoms with van der Waals surface area (Å²) in [4.78, 5) is 20.9. The predicted molar refractivity (Wildman–Crippen MR) is 83.5 cm³/mol. The predicted octanol–water partition coefficient (Wildman–Crippen LogP) is 1.72. The monoisotopic (exact) mass is 388 g/mol. The van der Waals surface area contributed by atoms with Crippen LogP contribution in [-0.2, 0) is 14.8 Å². The summed E-state index contributed by atoms with van der Waals surface area (Å²) in [5.74, 6) is -7.25. The van der Waals surface area contributed by atoms with Crippen molar-refractivity contribution >= 4 is 27.6 Å². The Morgan fingerprint density at radius 1 is 0.962 bits per heavy atom.